The summed E-state index contributed by atoms with van der Waals surface area (Å²) in [6, 6.07) is 48.0. The average Bonchev–Trinajstić information content (AvgIpc) is 3.81. The molecule has 0 N–H and O–H groups in total. The number of aromatic nitrogens is 2. The summed E-state index contributed by atoms with van der Waals surface area (Å²) in [6.45, 7) is 23.8. The van der Waals surface area contributed by atoms with Crippen molar-refractivity contribution in [1.29, 1.82) is 0 Å². The lowest BCUT2D eigenvalue weighted by Crippen LogP contribution is -2.46. The molecule has 2 aliphatic heterocycles. The zero-order valence-electron chi connectivity index (χ0n) is 35.2. The number of hydrogen-bond donors (Lipinski definition) is 0. The van der Waals surface area contributed by atoms with Crippen molar-refractivity contribution in [2.45, 2.75) is 84.2 Å². The first-order chi connectivity index (χ1) is 28.7. The van der Waals surface area contributed by atoms with E-state index in [1.807, 2.05) is 11.3 Å². The van der Waals surface area contributed by atoms with Crippen LogP contribution in [0.4, 0.5) is 0 Å². The number of allylic oxidation sites excluding steroid dienone is 1. The summed E-state index contributed by atoms with van der Waals surface area (Å²) in [4.78, 5) is 0. The summed E-state index contributed by atoms with van der Waals surface area (Å²) in [7, 11) is 0. The number of para-hydroxylation sites is 2. The van der Waals surface area contributed by atoms with Gasteiger partial charge in [-0.3, -0.25) is 0 Å². The van der Waals surface area contributed by atoms with E-state index < -0.39 is 0 Å². The Morgan fingerprint density at radius 3 is 2.14 bits per heavy atom. The molecule has 2 aliphatic rings. The van der Waals surface area contributed by atoms with E-state index in [0.717, 1.165) is 18.5 Å². The summed E-state index contributed by atoms with van der Waals surface area (Å²) in [5.74, 6) is 1.96. The van der Waals surface area contributed by atoms with Crippen molar-refractivity contribution in [2.24, 2.45) is 0 Å². The van der Waals surface area contributed by atoms with Crippen LogP contribution in [0.2, 0.25) is 0 Å². The highest BCUT2D eigenvalue weighted by Crippen LogP contribution is 2.48. The van der Waals surface area contributed by atoms with Crippen molar-refractivity contribution in [3.8, 4) is 28.2 Å². The van der Waals surface area contributed by atoms with Crippen LogP contribution in [0.3, 0.4) is 0 Å². The second-order valence-electron chi connectivity index (χ2n) is 17.5. The molecule has 10 rings (SSSR count). The van der Waals surface area contributed by atoms with E-state index in [-0.39, 0.29) is 29.8 Å². The third kappa shape index (κ3) is 5.74. The Bertz CT molecular complexity index is 2990. The van der Waals surface area contributed by atoms with Crippen LogP contribution in [-0.4, -0.2) is 26.9 Å². The van der Waals surface area contributed by atoms with Gasteiger partial charge in [0, 0.05) is 38.2 Å². The molecule has 2 atom stereocenters. The maximum absolute atomic E-state index is 5.24. The molecule has 2 aromatic heterocycles. The first kappa shape index (κ1) is 37.4. The molecular formula is C55H53N3S+2. The number of nitrogens with zero attached hydrogens (tertiary/aromatic N) is 3. The van der Waals surface area contributed by atoms with Crippen molar-refractivity contribution in [2.75, 3.05) is 0 Å². The molecule has 4 heterocycles. The molecule has 3 nitrogen and oxygen atoms in total. The quantitative estimate of drug-likeness (QED) is 0.149. The van der Waals surface area contributed by atoms with Crippen molar-refractivity contribution < 1.29 is 9.14 Å². The first-order valence-electron chi connectivity index (χ1n) is 21.5. The van der Waals surface area contributed by atoms with Gasteiger partial charge in [0.25, 0.3) is 0 Å². The lowest BCUT2D eigenvalue weighted by molar-refractivity contribution is -0.586. The highest BCUT2D eigenvalue weighted by molar-refractivity contribution is 7.26. The van der Waals surface area contributed by atoms with E-state index in [1.165, 1.54) is 92.9 Å². The Morgan fingerprint density at radius 2 is 1.41 bits per heavy atom. The molecule has 0 radical (unpaired) electrons. The highest BCUT2D eigenvalue weighted by atomic mass is 32.1. The third-order valence-electron chi connectivity index (χ3n) is 13.1. The summed E-state index contributed by atoms with van der Waals surface area (Å²) >= 11 is 1.94. The van der Waals surface area contributed by atoms with Crippen LogP contribution in [0.15, 0.2) is 147 Å². The van der Waals surface area contributed by atoms with E-state index in [4.69, 9.17) is 6.58 Å². The number of imidazole rings is 1. The zero-order valence-corrected chi connectivity index (χ0v) is 36.0. The lowest BCUT2D eigenvalue weighted by atomic mass is 9.78. The minimum absolute atomic E-state index is 0.00251. The standard InChI is InChI=1S/C55H53N3S/c1-9-47-41-22-14-13-21-40(41)43-29-27-38-28-30-44-42-23-15-18-26-50(42)59-54(44)51(38)55-57(36(8)52(43)56(47)35(6)7)48-24-16-17-25-49(48)58(55)53-45(33(2)3)31-39(32-46(53)34(4)5)37-19-11-10-12-20-37/h9-26,28,30-35,43,52H,1,8,27,29H2,2-7H3/q+2. The Hall–Kier alpha value is -5.84. The molecular weight excluding hydrogens is 735 g/mol. The van der Waals surface area contributed by atoms with Gasteiger partial charge in [0.15, 0.2) is 16.7 Å². The SMILES string of the molecule is C=CC1=[N+](C(C)C)C2C(=C)n3c([n+](-c4c(C(C)C)cc(-c5ccccc5)cc4C(C)C)c4ccccc43)-c3c(ccc4c3sc3ccccc34)CCC2c2ccccc21. The van der Waals surface area contributed by atoms with Crippen molar-refractivity contribution in [3.05, 3.63) is 174 Å². The summed E-state index contributed by atoms with van der Waals surface area (Å²) < 4.78 is 10.5. The van der Waals surface area contributed by atoms with E-state index >= 15 is 0 Å². The fraction of sp³-hybridized carbons (Fsp3) is 0.236. The number of thiophene rings is 1. The van der Waals surface area contributed by atoms with Gasteiger partial charge in [0.1, 0.15) is 11.7 Å². The number of aryl methyl sites for hydroxylation is 1. The minimum Gasteiger partial charge on any atom is -0.216 e. The summed E-state index contributed by atoms with van der Waals surface area (Å²) in [6.07, 6.45) is 4.03. The van der Waals surface area contributed by atoms with Gasteiger partial charge in [-0.1, -0.05) is 125 Å². The van der Waals surface area contributed by atoms with Crippen molar-refractivity contribution >= 4 is 54.0 Å². The first-order valence-corrected chi connectivity index (χ1v) is 22.3. The summed E-state index contributed by atoms with van der Waals surface area (Å²) in [5.41, 5.74) is 16.6. The monoisotopic (exact) mass is 787 g/mol. The molecule has 0 saturated carbocycles. The molecule has 0 bridgehead atoms. The second kappa shape index (κ2) is 14.5. The molecule has 8 aromatic rings. The fourth-order valence-electron chi connectivity index (χ4n) is 10.5. The second-order valence-corrected chi connectivity index (χ2v) is 18.5. The van der Waals surface area contributed by atoms with Gasteiger partial charge in [-0.15, -0.1) is 11.3 Å². The van der Waals surface area contributed by atoms with Gasteiger partial charge in [-0.05, 0) is 104 Å². The highest BCUT2D eigenvalue weighted by Gasteiger charge is 2.49. The minimum atomic E-state index is 0.00251. The van der Waals surface area contributed by atoms with Crippen LogP contribution in [-0.2, 0) is 6.42 Å². The van der Waals surface area contributed by atoms with Crippen LogP contribution in [0.5, 0.6) is 0 Å². The van der Waals surface area contributed by atoms with Gasteiger partial charge < -0.3 is 0 Å². The van der Waals surface area contributed by atoms with E-state index in [0.29, 0.717) is 0 Å². The fourth-order valence-corrected chi connectivity index (χ4v) is 11.7. The smallest absolute Gasteiger partial charge is 0.216 e. The van der Waals surface area contributed by atoms with Crippen LogP contribution < -0.4 is 4.57 Å². The third-order valence-corrected chi connectivity index (χ3v) is 14.3. The molecule has 0 amide bonds. The number of benzene rings is 6. The Labute approximate surface area is 352 Å². The predicted molar refractivity (Wildman–Crippen MR) is 252 cm³/mol. The van der Waals surface area contributed by atoms with E-state index in [2.05, 4.69) is 195 Å². The van der Waals surface area contributed by atoms with Crippen LogP contribution in [0.25, 0.3) is 65.1 Å². The van der Waals surface area contributed by atoms with Gasteiger partial charge in [-0.25, -0.2) is 4.58 Å². The van der Waals surface area contributed by atoms with Crippen LogP contribution in [0, 0.1) is 0 Å². The topological polar surface area (TPSA) is 11.8 Å². The van der Waals surface area contributed by atoms with Crippen LogP contribution in [0.1, 0.15) is 93.5 Å². The van der Waals surface area contributed by atoms with Crippen molar-refractivity contribution in [3.63, 3.8) is 0 Å². The van der Waals surface area contributed by atoms with Gasteiger partial charge >= 0.3 is 5.82 Å². The molecule has 2 unspecified atom stereocenters. The molecule has 0 saturated heterocycles. The van der Waals surface area contributed by atoms with Gasteiger partial charge in [-0.2, -0.15) is 9.13 Å². The molecule has 59 heavy (non-hydrogen) atoms. The number of hydrogen-bond acceptors (Lipinski definition) is 1. The largest absolute Gasteiger partial charge is 0.302 e. The average molecular weight is 788 g/mol. The maximum atomic E-state index is 5.24. The zero-order chi connectivity index (χ0) is 40.7. The van der Waals surface area contributed by atoms with E-state index in [9.17, 15) is 0 Å². The van der Waals surface area contributed by atoms with Crippen molar-refractivity contribution in [1.82, 2.24) is 4.57 Å². The molecule has 292 valence electrons. The van der Waals surface area contributed by atoms with Gasteiger partial charge in [0.2, 0.25) is 11.8 Å². The van der Waals surface area contributed by atoms with Crippen LogP contribution >= 0.6 is 11.3 Å². The Morgan fingerprint density at radius 1 is 0.729 bits per heavy atom. The Kier molecular flexibility index (Phi) is 9.18. The molecule has 0 fully saturated rings. The molecule has 4 heteroatoms. The molecule has 0 spiro atoms. The number of fused-ring (bicyclic) bond motifs is 12. The van der Waals surface area contributed by atoms with Gasteiger partial charge in [0.05, 0.1) is 16.2 Å². The summed E-state index contributed by atoms with van der Waals surface area (Å²) in [5, 5.41) is 2.64. The lowest BCUT2D eigenvalue weighted by Gasteiger charge is -2.33. The maximum Gasteiger partial charge on any atom is 0.302 e. The molecule has 0 aliphatic carbocycles. The van der Waals surface area contributed by atoms with E-state index in [1.54, 1.807) is 0 Å². The normalized spacial score (nSPS) is 16.7. The Balaban J connectivity index is 1.40. The predicted octanol–water partition coefficient (Wildman–Crippen LogP) is 13.8. The molecule has 6 aromatic carbocycles. The number of rotatable bonds is 6.